The molecule has 2 spiro atoms. The van der Waals surface area contributed by atoms with Gasteiger partial charge < -0.3 is 41.7 Å². The first-order valence-corrected chi connectivity index (χ1v) is 26.6. The fraction of sp³-hybridized carbons (Fsp3) is 0.412. The van der Waals surface area contributed by atoms with Crippen LogP contribution in [0.25, 0.3) is 0 Å². The van der Waals surface area contributed by atoms with Gasteiger partial charge in [-0.1, -0.05) is 47.5 Å². The summed E-state index contributed by atoms with van der Waals surface area (Å²) in [5, 5.41) is 34.9. The van der Waals surface area contributed by atoms with E-state index in [-0.39, 0.29) is 48.7 Å². The van der Waals surface area contributed by atoms with Crippen LogP contribution in [0.4, 0.5) is 17.6 Å². The molecule has 2 aromatic carbocycles. The third-order valence-electron chi connectivity index (χ3n) is 13.5. The summed E-state index contributed by atoms with van der Waals surface area (Å²) >= 11 is 12.4. The number of halogens is 2. The minimum absolute atomic E-state index is 0.106. The van der Waals surface area contributed by atoms with E-state index in [1.54, 1.807) is 73.4 Å². The molecule has 73 heavy (non-hydrogen) atoms. The molecule has 0 radical (unpaired) electrons. The van der Waals surface area contributed by atoms with Crippen LogP contribution < -0.4 is 31.5 Å². The van der Waals surface area contributed by atoms with Crippen molar-refractivity contribution in [1.82, 2.24) is 55.8 Å². The zero-order valence-electron chi connectivity index (χ0n) is 40.6. The molecule has 384 valence electrons. The maximum Gasteiger partial charge on any atom is 0.256 e. The van der Waals surface area contributed by atoms with Crippen LogP contribution in [0.5, 0.6) is 0 Å². The number of hydrogen-bond acceptors (Lipinski definition) is 17. The van der Waals surface area contributed by atoms with Gasteiger partial charge in [0.05, 0.1) is 37.1 Å². The average Bonchev–Trinajstić information content (AvgIpc) is 4.37. The number of rotatable bonds is 16. The number of carbonyl (C=O) groups is 2. The van der Waals surface area contributed by atoms with Gasteiger partial charge in [0.2, 0.25) is 11.1 Å². The molecule has 19 nitrogen and oxygen atoms in total. The standard InChI is InChI=1S/C25H28ClN7O2.C19H19ClN6O3S.C7H13N/c26-20-12-17(2-3-18(20)16-34)13-29-22-19(23(35)30-15-21-27-8-1-9-28-21)14-31-24(32-22)33-10-6-25(4-5-25)7-11-33;1-30(29)19-25-9-14(18(28)24-10-16-21-5-2-6-22-16)17(26-19)23-8-12-3-4-13(11-27)15(20)7-12;1-2-7(1)3-5-8-6-4-7/h1-3,8-9,12,14,34H,4-7,10-11,13,15-16H2,(H,30,35)(H,29,31,32);2-7,9,27H,8,10-11H2,1H3,(H,24,28)(H,23,25,26);8H,1-6H2. The molecule has 2 aliphatic carbocycles. The fourth-order valence-corrected chi connectivity index (χ4v) is 9.45. The van der Waals surface area contributed by atoms with Gasteiger partial charge in [-0.05, 0) is 122 Å². The van der Waals surface area contributed by atoms with Crippen LogP contribution >= 0.6 is 23.2 Å². The van der Waals surface area contributed by atoms with Crippen molar-refractivity contribution in [3.05, 3.63) is 141 Å². The summed E-state index contributed by atoms with van der Waals surface area (Å²) in [5.74, 6) is 1.57. The zero-order chi connectivity index (χ0) is 51.2. The first kappa shape index (κ1) is 53.0. The Morgan fingerprint density at radius 2 is 1.11 bits per heavy atom. The van der Waals surface area contributed by atoms with E-state index in [4.69, 9.17) is 28.2 Å². The molecule has 4 fully saturated rings. The molecule has 4 aliphatic rings. The molecule has 1 atom stereocenters. The summed E-state index contributed by atoms with van der Waals surface area (Å²) in [5.41, 5.74) is 4.97. The van der Waals surface area contributed by atoms with Crippen molar-refractivity contribution in [3.8, 4) is 0 Å². The Balaban J connectivity index is 0.000000170. The number of nitrogens with zero attached hydrogens (tertiary/aromatic N) is 9. The lowest BCUT2D eigenvalue weighted by Gasteiger charge is -2.32. The number of aromatic nitrogens is 8. The lowest BCUT2D eigenvalue weighted by Crippen LogP contribution is -2.36. The van der Waals surface area contributed by atoms with E-state index in [0.29, 0.717) is 68.7 Å². The zero-order valence-corrected chi connectivity index (χ0v) is 42.9. The van der Waals surface area contributed by atoms with Crippen molar-refractivity contribution < 1.29 is 24.0 Å². The molecule has 10 rings (SSSR count). The molecule has 7 N–H and O–H groups in total. The van der Waals surface area contributed by atoms with Gasteiger partial charge in [-0.3, -0.25) is 13.8 Å². The SMILES string of the molecule is C1CC2(CCN1)CC2.CS(=O)c1ncc(C(=O)NCc2ncccn2)c(NCc2ccc(CO)c(Cl)c2)n1.O=C(NCc1ncccn1)c1cnc(N2CCC3(CC2)CC3)nc1NCc1ccc(CO)c(Cl)c1. The molecule has 2 amide bonds. The Labute approximate surface area is 436 Å². The second-order valence-electron chi connectivity index (χ2n) is 18.6. The van der Waals surface area contributed by atoms with Gasteiger partial charge in [0.15, 0.2) is 0 Å². The van der Waals surface area contributed by atoms with E-state index in [1.165, 1.54) is 64.1 Å². The quantitative estimate of drug-likeness (QED) is 0.0534. The average molecular weight is 1050 g/mol. The molecule has 6 heterocycles. The van der Waals surface area contributed by atoms with Gasteiger partial charge in [0, 0.05) is 79.7 Å². The smallest absolute Gasteiger partial charge is 0.256 e. The summed E-state index contributed by atoms with van der Waals surface area (Å²) in [6, 6.07) is 14.1. The second kappa shape index (κ2) is 25.1. The van der Waals surface area contributed by atoms with Gasteiger partial charge in [-0.25, -0.2) is 34.9 Å². The van der Waals surface area contributed by atoms with Crippen LogP contribution in [-0.4, -0.2) is 98.5 Å². The highest BCUT2D eigenvalue weighted by atomic mass is 35.5. The Hall–Kier alpha value is -6.29. The van der Waals surface area contributed by atoms with Crippen molar-refractivity contribution in [3.63, 3.8) is 0 Å². The van der Waals surface area contributed by atoms with Crippen LogP contribution in [0.15, 0.2) is 90.9 Å². The van der Waals surface area contributed by atoms with Crippen LogP contribution in [-0.2, 0) is 50.2 Å². The Bertz CT molecular complexity index is 2850. The monoisotopic (exact) mass is 1050 g/mol. The number of benzene rings is 2. The molecule has 22 heteroatoms. The van der Waals surface area contributed by atoms with Gasteiger partial charge in [0.1, 0.15) is 34.4 Å². The highest BCUT2D eigenvalue weighted by Crippen LogP contribution is 2.54. The largest absolute Gasteiger partial charge is 0.392 e. The van der Waals surface area contributed by atoms with E-state index >= 15 is 0 Å². The minimum Gasteiger partial charge on any atom is -0.392 e. The van der Waals surface area contributed by atoms with Crippen molar-refractivity contribution >= 4 is 63.4 Å². The molecule has 2 saturated heterocycles. The molecular weight excluding hydrogens is 992 g/mol. The first-order valence-electron chi connectivity index (χ1n) is 24.3. The van der Waals surface area contributed by atoms with E-state index in [2.05, 4.69) is 66.4 Å². The number of piperidine rings is 2. The van der Waals surface area contributed by atoms with E-state index in [9.17, 15) is 24.0 Å². The third kappa shape index (κ3) is 14.9. The van der Waals surface area contributed by atoms with Crippen molar-refractivity contribution in [1.29, 1.82) is 0 Å². The van der Waals surface area contributed by atoms with Crippen LogP contribution in [0.1, 0.15) is 106 Å². The fourth-order valence-electron chi connectivity index (χ4n) is 8.50. The van der Waals surface area contributed by atoms with Gasteiger partial charge >= 0.3 is 0 Å². The summed E-state index contributed by atoms with van der Waals surface area (Å²) in [6.45, 7) is 5.19. The van der Waals surface area contributed by atoms with Crippen molar-refractivity contribution in [2.75, 3.05) is 48.0 Å². The van der Waals surface area contributed by atoms with Gasteiger partial charge in [0.25, 0.3) is 11.8 Å². The van der Waals surface area contributed by atoms with Crippen molar-refractivity contribution in [2.45, 2.75) is 95.9 Å². The summed E-state index contributed by atoms with van der Waals surface area (Å²) in [4.78, 5) is 61.8. The highest BCUT2D eigenvalue weighted by molar-refractivity contribution is 7.84. The first-order chi connectivity index (χ1) is 35.4. The number of amides is 2. The van der Waals surface area contributed by atoms with Gasteiger partial charge in [-0.15, -0.1) is 0 Å². The van der Waals surface area contributed by atoms with Crippen LogP contribution in [0, 0.1) is 10.8 Å². The number of carbonyl (C=O) groups excluding carboxylic acids is 2. The predicted octanol–water partition coefficient (Wildman–Crippen LogP) is 6.18. The molecule has 0 bridgehead atoms. The predicted molar refractivity (Wildman–Crippen MR) is 279 cm³/mol. The molecule has 4 aromatic heterocycles. The molecule has 6 aromatic rings. The molecule has 2 aliphatic heterocycles. The number of anilines is 3. The topological polar surface area (TPSA) is 258 Å². The molecule has 2 saturated carbocycles. The molecular formula is C51H60Cl2N14O5S. The normalized spacial score (nSPS) is 16.2. The number of aliphatic hydroxyl groups is 2. The third-order valence-corrected chi connectivity index (χ3v) is 14.9. The second-order valence-corrected chi connectivity index (χ2v) is 20.7. The summed E-state index contributed by atoms with van der Waals surface area (Å²) in [6.07, 6.45) is 21.7. The molecule has 1 unspecified atom stereocenters. The number of nitrogens with one attached hydrogen (secondary N) is 5. The van der Waals surface area contributed by atoms with E-state index < -0.39 is 16.7 Å². The maximum atomic E-state index is 13.0. The number of aliphatic hydroxyl groups excluding tert-OH is 2. The van der Waals surface area contributed by atoms with Crippen LogP contribution in [0.3, 0.4) is 0 Å². The maximum absolute atomic E-state index is 13.0. The van der Waals surface area contributed by atoms with Crippen LogP contribution in [0.2, 0.25) is 10.0 Å². The highest BCUT2D eigenvalue weighted by Gasteiger charge is 2.45. The Morgan fingerprint density at radius 1 is 0.644 bits per heavy atom. The Morgan fingerprint density at radius 3 is 1.55 bits per heavy atom. The lowest BCUT2D eigenvalue weighted by atomic mass is 9.94. The summed E-state index contributed by atoms with van der Waals surface area (Å²) in [7, 11) is -1.41. The van der Waals surface area contributed by atoms with E-state index in [0.717, 1.165) is 42.5 Å². The number of hydrogen-bond donors (Lipinski definition) is 7. The summed E-state index contributed by atoms with van der Waals surface area (Å²) < 4.78 is 11.8. The minimum atomic E-state index is -1.41. The van der Waals surface area contributed by atoms with E-state index in [1.807, 2.05) is 6.07 Å². The lowest BCUT2D eigenvalue weighted by molar-refractivity contribution is 0.0941. The van der Waals surface area contributed by atoms with Gasteiger partial charge in [-0.2, -0.15) is 4.98 Å². The Kier molecular flexibility index (Phi) is 18.2. The van der Waals surface area contributed by atoms with Crippen molar-refractivity contribution in [2.24, 2.45) is 10.8 Å².